The second kappa shape index (κ2) is 7.43. The fraction of sp³-hybridized carbons (Fsp3) is 0.368. The Kier molecular flexibility index (Phi) is 5.09. The van der Waals surface area contributed by atoms with Crippen LogP contribution in [0.15, 0.2) is 48.0 Å². The summed E-state index contributed by atoms with van der Waals surface area (Å²) in [5, 5.41) is 38.0. The zero-order chi connectivity index (χ0) is 20.8. The van der Waals surface area contributed by atoms with Crippen molar-refractivity contribution in [2.45, 2.75) is 37.1 Å². The Hall–Kier alpha value is -2.43. The number of fused-ring (bicyclic) bond motifs is 1. The van der Waals surface area contributed by atoms with Gasteiger partial charge in [0.05, 0.1) is 11.7 Å². The first kappa shape index (κ1) is 19.9. The smallest absolute Gasteiger partial charge is 0.184 e. The number of halogens is 1. The first-order valence-corrected chi connectivity index (χ1v) is 9.46. The molecule has 2 aromatic heterocycles. The summed E-state index contributed by atoms with van der Waals surface area (Å²) in [4.78, 5) is 7.19. The topological polar surface area (TPSA) is 128 Å². The summed E-state index contributed by atoms with van der Waals surface area (Å²) >= 11 is 5.91. The molecule has 4 rings (SSSR count). The van der Waals surface area contributed by atoms with Crippen LogP contribution in [-0.2, 0) is 4.74 Å². The average Bonchev–Trinajstić information content (AvgIpc) is 3.22. The van der Waals surface area contributed by atoms with Gasteiger partial charge in [-0.1, -0.05) is 23.7 Å². The lowest BCUT2D eigenvalue weighted by atomic mass is 9.88. The number of ether oxygens (including phenoxy) is 1. The molecule has 1 aliphatic heterocycles. The Morgan fingerprint density at radius 1 is 1.34 bits per heavy atom. The average molecular weight is 420 g/mol. The van der Waals surface area contributed by atoms with E-state index in [0.29, 0.717) is 27.1 Å². The molecular formula is C19H22ClN5O4. The highest BCUT2D eigenvalue weighted by atomic mass is 35.5. The van der Waals surface area contributed by atoms with Crippen LogP contribution < -0.4 is 10.9 Å². The number of aliphatic hydroxyl groups excluding tert-OH is 2. The molecule has 0 aliphatic carbocycles. The third kappa shape index (κ3) is 3.30. The van der Waals surface area contributed by atoms with E-state index < -0.39 is 30.1 Å². The van der Waals surface area contributed by atoms with E-state index in [4.69, 9.17) is 16.3 Å². The molecule has 0 radical (unpaired) electrons. The molecule has 1 fully saturated rings. The van der Waals surface area contributed by atoms with E-state index in [2.05, 4.69) is 20.5 Å². The van der Waals surface area contributed by atoms with Gasteiger partial charge in [0.2, 0.25) is 0 Å². The molecular weight excluding hydrogens is 398 g/mol. The standard InChI is InChI=1S/C19H22ClN5O4/c1-19(28)14(27)18(29-15(19)13(26)10-3-5-11(20)6-4-10)25-8-7-12-16(24-21-2)22-9-23-17(12)25/h3-9,13-15,18,21,26-28H,1-2H3,(H,22,23,24)/t13?,14-,15+,18+,19-/m0/s1. The normalized spacial score (nSPS) is 28.8. The Balaban J connectivity index is 1.72. The first-order chi connectivity index (χ1) is 13.8. The summed E-state index contributed by atoms with van der Waals surface area (Å²) in [5.41, 5.74) is 2.59. The zero-order valence-corrected chi connectivity index (χ0v) is 16.6. The monoisotopic (exact) mass is 419 g/mol. The van der Waals surface area contributed by atoms with Crippen molar-refractivity contribution in [3.8, 4) is 0 Å². The van der Waals surface area contributed by atoms with Gasteiger partial charge in [-0.25, -0.2) is 4.98 Å². The highest BCUT2D eigenvalue weighted by Gasteiger charge is 2.55. The van der Waals surface area contributed by atoms with Gasteiger partial charge >= 0.3 is 0 Å². The van der Waals surface area contributed by atoms with Crippen molar-refractivity contribution in [2.24, 2.45) is 5.10 Å². The molecule has 3 aromatic rings. The minimum atomic E-state index is -1.70. The van der Waals surface area contributed by atoms with E-state index in [1.165, 1.54) is 13.3 Å². The number of hydrogen-bond donors (Lipinski definition) is 5. The van der Waals surface area contributed by atoms with Crippen molar-refractivity contribution in [1.29, 1.82) is 0 Å². The SMILES string of the molecule is CNN=c1nc[nH]c2c1ccn2[C@@H]1O[C@H](C(O)c2ccc(Cl)cc2)[C@@](C)(O)[C@H]1O. The summed E-state index contributed by atoms with van der Waals surface area (Å²) in [6, 6.07) is 8.38. The van der Waals surface area contributed by atoms with Gasteiger partial charge in [-0.3, -0.25) is 0 Å². The molecule has 9 nitrogen and oxygen atoms in total. The molecule has 0 saturated carbocycles. The van der Waals surface area contributed by atoms with Gasteiger partial charge in [-0.2, -0.15) is 5.10 Å². The third-order valence-electron chi connectivity index (χ3n) is 5.27. The van der Waals surface area contributed by atoms with Crippen LogP contribution in [-0.4, -0.2) is 54.7 Å². The van der Waals surface area contributed by atoms with Gasteiger partial charge < -0.3 is 35.0 Å². The summed E-state index contributed by atoms with van der Waals surface area (Å²) in [6.45, 7) is 1.44. The number of H-pyrrole nitrogens is 1. The molecule has 10 heteroatoms. The number of nitrogens with one attached hydrogen (secondary N) is 2. The maximum absolute atomic E-state index is 11.0. The van der Waals surface area contributed by atoms with Gasteiger partial charge in [0.1, 0.15) is 29.6 Å². The minimum Gasteiger partial charge on any atom is -0.386 e. The van der Waals surface area contributed by atoms with Crippen molar-refractivity contribution < 1.29 is 20.1 Å². The predicted molar refractivity (Wildman–Crippen MR) is 106 cm³/mol. The van der Waals surface area contributed by atoms with E-state index in [-0.39, 0.29) is 0 Å². The van der Waals surface area contributed by atoms with Crippen LogP contribution in [0.25, 0.3) is 11.0 Å². The minimum absolute atomic E-state index is 0.469. The molecule has 29 heavy (non-hydrogen) atoms. The van der Waals surface area contributed by atoms with Crippen molar-refractivity contribution in [1.82, 2.24) is 20.0 Å². The Bertz CT molecular complexity index is 1080. The molecule has 5 atom stereocenters. The number of benzene rings is 1. The molecule has 0 amide bonds. The number of nitrogens with zero attached hydrogens (tertiary/aromatic N) is 3. The summed E-state index contributed by atoms with van der Waals surface area (Å²) < 4.78 is 7.63. The lowest BCUT2D eigenvalue weighted by Gasteiger charge is -2.29. The quantitative estimate of drug-likeness (QED) is 0.398. The fourth-order valence-corrected chi connectivity index (χ4v) is 3.80. The van der Waals surface area contributed by atoms with Crippen LogP contribution >= 0.6 is 11.6 Å². The lowest BCUT2D eigenvalue weighted by Crippen LogP contribution is -2.47. The zero-order valence-electron chi connectivity index (χ0n) is 15.8. The van der Waals surface area contributed by atoms with Crippen LogP contribution in [0.2, 0.25) is 5.02 Å². The van der Waals surface area contributed by atoms with Gasteiger partial charge in [-0.05, 0) is 30.7 Å². The van der Waals surface area contributed by atoms with Crippen molar-refractivity contribution >= 4 is 22.6 Å². The molecule has 0 spiro atoms. The number of aromatic amines is 1. The fourth-order valence-electron chi connectivity index (χ4n) is 3.68. The molecule has 1 aliphatic rings. The number of hydrogen-bond acceptors (Lipinski definition) is 7. The van der Waals surface area contributed by atoms with E-state index in [1.54, 1.807) is 48.1 Å². The van der Waals surface area contributed by atoms with Gasteiger partial charge in [0.15, 0.2) is 11.7 Å². The van der Waals surface area contributed by atoms with Crippen molar-refractivity contribution in [3.63, 3.8) is 0 Å². The van der Waals surface area contributed by atoms with Crippen LogP contribution in [0.4, 0.5) is 0 Å². The second-order valence-corrected chi connectivity index (χ2v) is 7.60. The molecule has 1 saturated heterocycles. The van der Waals surface area contributed by atoms with E-state index in [1.807, 2.05) is 0 Å². The van der Waals surface area contributed by atoms with Gasteiger partial charge in [-0.15, -0.1) is 0 Å². The number of aliphatic hydroxyl groups is 3. The number of rotatable bonds is 4. The summed E-state index contributed by atoms with van der Waals surface area (Å²) in [6.07, 6.45) is -1.27. The molecule has 3 heterocycles. The van der Waals surface area contributed by atoms with Crippen LogP contribution in [0.1, 0.15) is 24.8 Å². The molecule has 154 valence electrons. The third-order valence-corrected chi connectivity index (χ3v) is 5.52. The highest BCUT2D eigenvalue weighted by Crippen LogP contribution is 2.43. The van der Waals surface area contributed by atoms with Crippen molar-refractivity contribution in [2.75, 3.05) is 7.05 Å². The van der Waals surface area contributed by atoms with Gasteiger partial charge in [0.25, 0.3) is 0 Å². The Morgan fingerprint density at radius 2 is 2.07 bits per heavy atom. The van der Waals surface area contributed by atoms with Crippen LogP contribution in [0.3, 0.4) is 0 Å². The predicted octanol–water partition coefficient (Wildman–Crippen LogP) is 0.796. The molecule has 1 aromatic carbocycles. The van der Waals surface area contributed by atoms with Crippen molar-refractivity contribution in [3.05, 3.63) is 58.9 Å². The Morgan fingerprint density at radius 3 is 2.76 bits per heavy atom. The van der Waals surface area contributed by atoms with Crippen LogP contribution in [0.5, 0.6) is 0 Å². The first-order valence-electron chi connectivity index (χ1n) is 9.08. The summed E-state index contributed by atoms with van der Waals surface area (Å²) in [7, 11) is 1.67. The van der Waals surface area contributed by atoms with Gasteiger partial charge in [0, 0.05) is 18.3 Å². The molecule has 1 unspecified atom stereocenters. The van der Waals surface area contributed by atoms with E-state index in [9.17, 15) is 15.3 Å². The number of aromatic nitrogens is 3. The summed E-state index contributed by atoms with van der Waals surface area (Å²) in [5.74, 6) is 0. The molecule has 5 N–H and O–H groups in total. The maximum Gasteiger partial charge on any atom is 0.184 e. The lowest BCUT2D eigenvalue weighted by molar-refractivity contribution is -0.115. The molecule has 0 bridgehead atoms. The largest absolute Gasteiger partial charge is 0.386 e. The van der Waals surface area contributed by atoms with E-state index >= 15 is 0 Å². The van der Waals surface area contributed by atoms with Crippen LogP contribution in [0, 0.1) is 0 Å². The maximum atomic E-state index is 11.0. The van der Waals surface area contributed by atoms with E-state index in [0.717, 1.165) is 0 Å². The second-order valence-electron chi connectivity index (χ2n) is 7.16. The highest BCUT2D eigenvalue weighted by molar-refractivity contribution is 6.30. The Labute approximate surface area is 171 Å².